The Kier molecular flexibility index (Phi) is 7.86. The number of anilines is 1. The zero-order chi connectivity index (χ0) is 22.4. The molecule has 3 unspecified atom stereocenters. The molecule has 1 aliphatic heterocycles. The van der Waals surface area contributed by atoms with Gasteiger partial charge in [0, 0.05) is 25.5 Å². The highest BCUT2D eigenvalue weighted by atomic mass is 35.5. The lowest BCUT2D eigenvalue weighted by molar-refractivity contribution is -0.210. The average molecular weight is 450 g/mol. The molecule has 0 aliphatic carbocycles. The largest absolute Gasteiger partial charge is 0.494 e. The Bertz CT molecular complexity index is 922. The molecule has 0 spiro atoms. The Hall–Kier alpha value is -2.65. The van der Waals surface area contributed by atoms with Crippen LogP contribution in [0.15, 0.2) is 42.5 Å². The number of nitrogens with one attached hydrogen (secondary N) is 1. The lowest BCUT2D eigenvalue weighted by Crippen LogP contribution is -2.39. The van der Waals surface area contributed by atoms with Crippen molar-refractivity contribution in [1.82, 2.24) is 0 Å². The summed E-state index contributed by atoms with van der Waals surface area (Å²) in [5.41, 5.74) is 0.851. The van der Waals surface area contributed by atoms with E-state index in [2.05, 4.69) is 5.32 Å². The third kappa shape index (κ3) is 5.95. The zero-order valence-corrected chi connectivity index (χ0v) is 17.9. The Balaban J connectivity index is 1.68. The summed E-state index contributed by atoms with van der Waals surface area (Å²) in [4.78, 5) is 25.0. The van der Waals surface area contributed by atoms with Gasteiger partial charge in [0.2, 0.25) is 0 Å². The molecule has 31 heavy (non-hydrogen) atoms. The molecule has 1 heterocycles. The number of amides is 1. The summed E-state index contributed by atoms with van der Waals surface area (Å²) < 4.78 is 21.4. The summed E-state index contributed by atoms with van der Waals surface area (Å²) in [6, 6.07) is 11.5. The van der Waals surface area contributed by atoms with Crippen LogP contribution in [0.4, 0.5) is 5.69 Å². The summed E-state index contributed by atoms with van der Waals surface area (Å²) in [6.45, 7) is -0.0534. The van der Waals surface area contributed by atoms with Crippen LogP contribution in [-0.2, 0) is 14.2 Å². The van der Waals surface area contributed by atoms with Crippen molar-refractivity contribution in [2.24, 2.45) is 0 Å². The highest BCUT2D eigenvalue weighted by Crippen LogP contribution is 2.34. The maximum atomic E-state index is 12.5. The fraction of sp³-hybridized carbons (Fsp3) is 0.364. The van der Waals surface area contributed by atoms with Crippen molar-refractivity contribution in [2.45, 2.75) is 31.3 Å². The van der Waals surface area contributed by atoms with Crippen LogP contribution in [0.1, 0.15) is 33.6 Å². The molecule has 1 saturated heterocycles. The van der Waals surface area contributed by atoms with E-state index < -0.39 is 24.5 Å². The number of carbonyl (C=O) groups is 2. The predicted octanol–water partition coefficient (Wildman–Crippen LogP) is 3.27. The number of esters is 1. The zero-order valence-electron chi connectivity index (χ0n) is 17.2. The van der Waals surface area contributed by atoms with Crippen LogP contribution in [0, 0.1) is 0 Å². The van der Waals surface area contributed by atoms with Gasteiger partial charge in [-0.2, -0.15) is 0 Å². The minimum absolute atomic E-state index is 0.0534. The SMILES string of the molecule is COc1cc(C(=O)OCC2CC(O)CC(OC)O2)cc(Cl)c1NC(=O)c1ccccc1. The molecule has 0 aromatic heterocycles. The molecule has 2 N–H and O–H groups in total. The molecule has 0 bridgehead atoms. The molecule has 0 radical (unpaired) electrons. The molecular formula is C22H24ClNO7. The lowest BCUT2D eigenvalue weighted by Gasteiger charge is -2.31. The molecular weight excluding hydrogens is 426 g/mol. The maximum absolute atomic E-state index is 12.5. The summed E-state index contributed by atoms with van der Waals surface area (Å²) in [6.07, 6.45) is -0.926. The van der Waals surface area contributed by atoms with E-state index in [1.807, 2.05) is 0 Å². The van der Waals surface area contributed by atoms with E-state index in [1.165, 1.54) is 26.4 Å². The third-order valence-corrected chi connectivity index (χ3v) is 5.09. The molecule has 9 heteroatoms. The number of rotatable bonds is 7. The van der Waals surface area contributed by atoms with Crippen molar-refractivity contribution in [3.05, 3.63) is 58.6 Å². The highest BCUT2D eigenvalue weighted by Gasteiger charge is 2.29. The predicted molar refractivity (Wildman–Crippen MR) is 114 cm³/mol. The topological polar surface area (TPSA) is 103 Å². The number of aliphatic hydroxyl groups is 1. The van der Waals surface area contributed by atoms with E-state index in [0.29, 0.717) is 18.4 Å². The van der Waals surface area contributed by atoms with E-state index in [-0.39, 0.29) is 34.5 Å². The van der Waals surface area contributed by atoms with Crippen LogP contribution in [-0.4, -0.2) is 56.3 Å². The second-order valence-corrected chi connectivity index (χ2v) is 7.41. The van der Waals surface area contributed by atoms with Gasteiger partial charge in [-0.3, -0.25) is 4.79 Å². The molecule has 1 fully saturated rings. The summed E-state index contributed by atoms with van der Waals surface area (Å²) in [5.74, 6) is -0.789. The Labute approximate surface area is 185 Å². The van der Waals surface area contributed by atoms with Crippen LogP contribution >= 0.6 is 11.6 Å². The van der Waals surface area contributed by atoms with Gasteiger partial charge in [0.15, 0.2) is 6.29 Å². The van der Waals surface area contributed by atoms with E-state index in [9.17, 15) is 14.7 Å². The van der Waals surface area contributed by atoms with Crippen LogP contribution in [0.25, 0.3) is 0 Å². The molecule has 166 valence electrons. The molecule has 1 aliphatic rings. The minimum atomic E-state index is -0.640. The normalized spacial score (nSPS) is 20.7. The van der Waals surface area contributed by atoms with Gasteiger partial charge >= 0.3 is 5.97 Å². The van der Waals surface area contributed by atoms with E-state index in [0.717, 1.165) is 0 Å². The van der Waals surface area contributed by atoms with Crippen LogP contribution < -0.4 is 10.1 Å². The molecule has 0 saturated carbocycles. The Morgan fingerprint density at radius 2 is 1.90 bits per heavy atom. The number of hydrogen-bond acceptors (Lipinski definition) is 7. The van der Waals surface area contributed by atoms with E-state index >= 15 is 0 Å². The van der Waals surface area contributed by atoms with Gasteiger partial charge in [-0.05, 0) is 24.3 Å². The summed E-state index contributed by atoms with van der Waals surface area (Å²) >= 11 is 6.32. The van der Waals surface area contributed by atoms with Gasteiger partial charge in [-0.25, -0.2) is 4.79 Å². The number of benzene rings is 2. The second-order valence-electron chi connectivity index (χ2n) is 7.00. The smallest absolute Gasteiger partial charge is 0.338 e. The maximum Gasteiger partial charge on any atom is 0.338 e. The number of ether oxygens (including phenoxy) is 4. The molecule has 2 aromatic rings. The van der Waals surface area contributed by atoms with Crippen molar-refractivity contribution in [3.8, 4) is 5.75 Å². The second kappa shape index (κ2) is 10.6. The van der Waals surface area contributed by atoms with Gasteiger partial charge in [0.05, 0.1) is 29.9 Å². The number of halogens is 1. The van der Waals surface area contributed by atoms with Gasteiger partial charge in [-0.15, -0.1) is 0 Å². The lowest BCUT2D eigenvalue weighted by atomic mass is 10.1. The van der Waals surface area contributed by atoms with Gasteiger partial charge in [-0.1, -0.05) is 29.8 Å². The van der Waals surface area contributed by atoms with Crippen molar-refractivity contribution < 1.29 is 33.6 Å². The first-order valence-corrected chi connectivity index (χ1v) is 10.1. The Morgan fingerprint density at radius 1 is 1.16 bits per heavy atom. The van der Waals surface area contributed by atoms with Crippen molar-refractivity contribution >= 4 is 29.2 Å². The van der Waals surface area contributed by atoms with Crippen LogP contribution in [0.5, 0.6) is 5.75 Å². The number of carbonyl (C=O) groups excluding carboxylic acids is 2. The first-order valence-electron chi connectivity index (χ1n) is 9.68. The highest BCUT2D eigenvalue weighted by molar-refractivity contribution is 6.34. The van der Waals surface area contributed by atoms with E-state index in [1.54, 1.807) is 30.3 Å². The monoisotopic (exact) mass is 449 g/mol. The standard InChI is InChI=1S/C22H24ClNO7/c1-28-18-9-14(22(27)30-12-16-10-15(25)11-19(29-2)31-16)8-17(23)20(18)24-21(26)13-6-4-3-5-7-13/h3-9,15-16,19,25H,10-12H2,1-2H3,(H,24,26). The molecule has 3 rings (SSSR count). The number of methoxy groups -OCH3 is 2. The minimum Gasteiger partial charge on any atom is -0.494 e. The van der Waals surface area contributed by atoms with E-state index in [4.69, 9.17) is 30.5 Å². The van der Waals surface area contributed by atoms with Crippen molar-refractivity contribution in [2.75, 3.05) is 26.1 Å². The third-order valence-electron chi connectivity index (χ3n) is 4.79. The number of aliphatic hydroxyl groups excluding tert-OH is 1. The van der Waals surface area contributed by atoms with Gasteiger partial charge < -0.3 is 29.4 Å². The molecule has 1 amide bonds. The molecule has 8 nitrogen and oxygen atoms in total. The fourth-order valence-electron chi connectivity index (χ4n) is 3.22. The first-order chi connectivity index (χ1) is 14.9. The van der Waals surface area contributed by atoms with Crippen molar-refractivity contribution in [3.63, 3.8) is 0 Å². The number of hydrogen-bond donors (Lipinski definition) is 2. The molecule has 2 aromatic carbocycles. The van der Waals surface area contributed by atoms with Gasteiger partial charge in [0.25, 0.3) is 5.91 Å². The molecule has 3 atom stereocenters. The van der Waals surface area contributed by atoms with Crippen LogP contribution in [0.3, 0.4) is 0 Å². The summed E-state index contributed by atoms with van der Waals surface area (Å²) in [7, 11) is 2.89. The first kappa shape index (κ1) is 23.0. The fourth-order valence-corrected chi connectivity index (χ4v) is 3.47. The quantitative estimate of drug-likeness (QED) is 0.625. The summed E-state index contributed by atoms with van der Waals surface area (Å²) in [5, 5.41) is 12.7. The van der Waals surface area contributed by atoms with Gasteiger partial charge in [0.1, 0.15) is 18.0 Å². The Morgan fingerprint density at radius 3 is 2.58 bits per heavy atom. The van der Waals surface area contributed by atoms with Crippen molar-refractivity contribution in [1.29, 1.82) is 0 Å². The van der Waals surface area contributed by atoms with Crippen LogP contribution in [0.2, 0.25) is 5.02 Å². The average Bonchev–Trinajstić information content (AvgIpc) is 2.78.